The van der Waals surface area contributed by atoms with Crippen LogP contribution in [-0.4, -0.2) is 74.7 Å². The van der Waals surface area contributed by atoms with Crippen LogP contribution in [-0.2, 0) is 16.0 Å². The first-order valence-corrected chi connectivity index (χ1v) is 12.6. The van der Waals surface area contributed by atoms with E-state index in [-0.39, 0.29) is 11.8 Å². The lowest BCUT2D eigenvalue weighted by Crippen LogP contribution is -2.44. The van der Waals surface area contributed by atoms with Crippen LogP contribution in [0.5, 0.6) is 5.75 Å². The highest BCUT2D eigenvalue weighted by Crippen LogP contribution is 2.18. The summed E-state index contributed by atoms with van der Waals surface area (Å²) in [5, 5.41) is 5.82. The van der Waals surface area contributed by atoms with Gasteiger partial charge in [-0.05, 0) is 54.7 Å². The van der Waals surface area contributed by atoms with E-state index < -0.39 is 6.04 Å². The zero-order chi connectivity index (χ0) is 23.5. The Morgan fingerprint density at radius 2 is 1.85 bits per heavy atom. The Balaban J connectivity index is 1.58. The Labute approximate surface area is 200 Å². The van der Waals surface area contributed by atoms with Crippen LogP contribution in [0.4, 0.5) is 5.69 Å². The third kappa shape index (κ3) is 7.77. The lowest BCUT2D eigenvalue weighted by atomic mass is 10.1. The van der Waals surface area contributed by atoms with Crippen LogP contribution < -0.4 is 15.4 Å². The zero-order valence-electron chi connectivity index (χ0n) is 19.3. The maximum absolute atomic E-state index is 13.0. The highest BCUT2D eigenvalue weighted by molar-refractivity contribution is 7.98. The molecule has 0 saturated carbocycles. The summed E-state index contributed by atoms with van der Waals surface area (Å²) < 4.78 is 10.7. The molecule has 2 N–H and O–H groups in total. The second-order valence-corrected chi connectivity index (χ2v) is 8.88. The van der Waals surface area contributed by atoms with Gasteiger partial charge in [-0.2, -0.15) is 11.8 Å². The van der Waals surface area contributed by atoms with Crippen molar-refractivity contribution in [1.82, 2.24) is 10.2 Å². The summed E-state index contributed by atoms with van der Waals surface area (Å²) in [6, 6.07) is 14.3. The summed E-state index contributed by atoms with van der Waals surface area (Å²) in [6.45, 7) is 4.56. The van der Waals surface area contributed by atoms with E-state index in [2.05, 4.69) is 15.5 Å². The molecule has 1 unspecified atom stereocenters. The molecule has 0 spiro atoms. The number of para-hydroxylation sites is 1. The third-order valence-corrected chi connectivity index (χ3v) is 6.27. The first kappa shape index (κ1) is 25.1. The Hall–Kier alpha value is -2.55. The van der Waals surface area contributed by atoms with Gasteiger partial charge >= 0.3 is 0 Å². The van der Waals surface area contributed by atoms with Gasteiger partial charge in [0.15, 0.2) is 0 Å². The van der Waals surface area contributed by atoms with Gasteiger partial charge in [-0.1, -0.05) is 24.3 Å². The standard InChI is InChI=1S/C25H33N3O4S/c1-31-23-6-4-3-5-21(23)24(29)27-22(12-18-33-2)25(30)26-20-9-7-19(8-10-20)11-13-28-14-16-32-17-15-28/h3-10,22H,11-18H2,1-2H3,(H,26,30)(H,27,29). The molecule has 0 aliphatic carbocycles. The van der Waals surface area contributed by atoms with Crippen LogP contribution in [0.25, 0.3) is 0 Å². The molecule has 1 aliphatic heterocycles. The Kier molecular flexibility index (Phi) is 10.1. The molecule has 3 rings (SSSR count). The minimum absolute atomic E-state index is 0.228. The number of methoxy groups -OCH3 is 1. The number of nitrogens with zero attached hydrogens (tertiary/aromatic N) is 1. The van der Waals surface area contributed by atoms with Gasteiger partial charge in [0.2, 0.25) is 5.91 Å². The average Bonchev–Trinajstić information content (AvgIpc) is 2.86. The number of carbonyl (C=O) groups excluding carboxylic acids is 2. The molecule has 2 aromatic rings. The molecule has 1 atom stereocenters. The molecule has 0 bridgehead atoms. The Morgan fingerprint density at radius 1 is 1.12 bits per heavy atom. The van der Waals surface area contributed by atoms with Crippen LogP contribution >= 0.6 is 11.8 Å². The molecule has 33 heavy (non-hydrogen) atoms. The molecule has 1 aliphatic rings. The predicted molar refractivity (Wildman–Crippen MR) is 133 cm³/mol. The number of amides is 2. The minimum atomic E-state index is -0.643. The van der Waals surface area contributed by atoms with Crippen molar-refractivity contribution in [3.8, 4) is 5.75 Å². The smallest absolute Gasteiger partial charge is 0.255 e. The van der Waals surface area contributed by atoms with E-state index in [1.165, 1.54) is 12.7 Å². The number of hydrogen-bond donors (Lipinski definition) is 2. The molecule has 2 amide bonds. The van der Waals surface area contributed by atoms with Gasteiger partial charge in [-0.3, -0.25) is 14.5 Å². The second-order valence-electron chi connectivity index (χ2n) is 7.90. The fourth-order valence-corrected chi connectivity index (χ4v) is 4.14. The van der Waals surface area contributed by atoms with Crippen molar-refractivity contribution in [1.29, 1.82) is 0 Å². The molecule has 2 aromatic carbocycles. The van der Waals surface area contributed by atoms with Gasteiger partial charge in [0, 0.05) is 25.3 Å². The van der Waals surface area contributed by atoms with E-state index in [9.17, 15) is 9.59 Å². The predicted octanol–water partition coefficient (Wildman–Crippen LogP) is 3.06. The Morgan fingerprint density at radius 3 is 2.55 bits per heavy atom. The Bertz CT molecular complexity index is 901. The second kappa shape index (κ2) is 13.2. The molecular formula is C25H33N3O4S. The van der Waals surface area contributed by atoms with Gasteiger partial charge in [0.1, 0.15) is 11.8 Å². The van der Waals surface area contributed by atoms with Crippen molar-refractivity contribution in [2.45, 2.75) is 18.9 Å². The third-order valence-electron chi connectivity index (χ3n) is 5.63. The number of thioether (sulfide) groups is 1. The molecule has 0 aromatic heterocycles. The first-order valence-electron chi connectivity index (χ1n) is 11.2. The highest BCUT2D eigenvalue weighted by Gasteiger charge is 2.23. The summed E-state index contributed by atoms with van der Waals surface area (Å²) in [6.07, 6.45) is 3.47. The molecule has 178 valence electrons. The maximum atomic E-state index is 13.0. The lowest BCUT2D eigenvalue weighted by molar-refractivity contribution is -0.118. The van der Waals surface area contributed by atoms with Crippen molar-refractivity contribution in [3.05, 3.63) is 59.7 Å². The van der Waals surface area contributed by atoms with E-state index in [0.29, 0.717) is 17.7 Å². The number of hydrogen-bond acceptors (Lipinski definition) is 6. The van der Waals surface area contributed by atoms with Crippen molar-refractivity contribution < 1.29 is 19.1 Å². The van der Waals surface area contributed by atoms with Crippen LogP contribution in [0.2, 0.25) is 0 Å². The van der Waals surface area contributed by atoms with Crippen LogP contribution in [0.15, 0.2) is 48.5 Å². The van der Waals surface area contributed by atoms with Crippen molar-refractivity contribution in [3.63, 3.8) is 0 Å². The minimum Gasteiger partial charge on any atom is -0.496 e. The van der Waals surface area contributed by atoms with E-state index in [4.69, 9.17) is 9.47 Å². The molecule has 1 fully saturated rings. The van der Waals surface area contributed by atoms with Crippen LogP contribution in [0.3, 0.4) is 0 Å². The normalized spacial score (nSPS) is 15.0. The summed E-state index contributed by atoms with van der Waals surface area (Å²) in [5.41, 5.74) is 2.35. The number of benzene rings is 2. The molecule has 1 heterocycles. The quantitative estimate of drug-likeness (QED) is 0.524. The number of nitrogens with one attached hydrogen (secondary N) is 2. The number of rotatable bonds is 11. The van der Waals surface area contributed by atoms with Gasteiger partial charge in [-0.15, -0.1) is 0 Å². The van der Waals surface area contributed by atoms with E-state index in [1.54, 1.807) is 36.0 Å². The summed E-state index contributed by atoms with van der Waals surface area (Å²) >= 11 is 1.64. The summed E-state index contributed by atoms with van der Waals surface area (Å²) in [4.78, 5) is 28.2. The molecule has 7 nitrogen and oxygen atoms in total. The van der Waals surface area contributed by atoms with Crippen molar-refractivity contribution in [2.24, 2.45) is 0 Å². The number of anilines is 1. The van der Waals surface area contributed by atoms with Gasteiger partial charge in [-0.25, -0.2) is 0 Å². The zero-order valence-corrected chi connectivity index (χ0v) is 20.2. The van der Waals surface area contributed by atoms with Gasteiger partial charge in [0.05, 0.1) is 25.9 Å². The SMILES string of the molecule is COc1ccccc1C(=O)NC(CCSC)C(=O)Nc1ccc(CCN2CCOCC2)cc1. The summed E-state index contributed by atoms with van der Waals surface area (Å²) in [7, 11) is 1.52. The fourth-order valence-electron chi connectivity index (χ4n) is 3.67. The highest BCUT2D eigenvalue weighted by atomic mass is 32.2. The first-order chi connectivity index (χ1) is 16.1. The van der Waals surface area contributed by atoms with E-state index in [1.807, 2.05) is 30.5 Å². The van der Waals surface area contributed by atoms with Gasteiger partial charge < -0.3 is 20.1 Å². The van der Waals surface area contributed by atoms with Crippen LogP contribution in [0.1, 0.15) is 22.3 Å². The van der Waals surface area contributed by atoms with Crippen LogP contribution in [0, 0.1) is 0 Å². The number of morpholine rings is 1. The molecule has 8 heteroatoms. The van der Waals surface area contributed by atoms with E-state index >= 15 is 0 Å². The average molecular weight is 472 g/mol. The largest absolute Gasteiger partial charge is 0.496 e. The lowest BCUT2D eigenvalue weighted by Gasteiger charge is -2.26. The molecular weight excluding hydrogens is 438 g/mol. The fraction of sp³-hybridized carbons (Fsp3) is 0.440. The molecule has 0 radical (unpaired) electrons. The van der Waals surface area contributed by atoms with E-state index in [0.717, 1.165) is 50.7 Å². The number of carbonyl (C=O) groups is 2. The van der Waals surface area contributed by atoms with Crippen molar-refractivity contribution >= 4 is 29.3 Å². The number of ether oxygens (including phenoxy) is 2. The topological polar surface area (TPSA) is 79.9 Å². The van der Waals surface area contributed by atoms with Gasteiger partial charge in [0.25, 0.3) is 5.91 Å². The monoisotopic (exact) mass is 471 g/mol. The maximum Gasteiger partial charge on any atom is 0.255 e. The van der Waals surface area contributed by atoms with Crippen molar-refractivity contribution in [2.75, 3.05) is 57.3 Å². The molecule has 1 saturated heterocycles. The summed E-state index contributed by atoms with van der Waals surface area (Å²) in [5.74, 6) is 0.678.